The fraction of sp³-hybridized carbons (Fsp3) is 0.0500. The third kappa shape index (κ3) is 4.92. The van der Waals surface area contributed by atoms with Gasteiger partial charge in [0.2, 0.25) is 0 Å². The lowest BCUT2D eigenvalue weighted by atomic mass is 10.1. The predicted octanol–water partition coefficient (Wildman–Crippen LogP) is 5.13. The van der Waals surface area contributed by atoms with Gasteiger partial charge in [-0.15, -0.1) is 0 Å². The van der Waals surface area contributed by atoms with E-state index in [9.17, 15) is 20.2 Å². The summed E-state index contributed by atoms with van der Waals surface area (Å²) in [6.07, 6.45) is 0. The summed E-state index contributed by atoms with van der Waals surface area (Å²) >= 11 is 0. The molecule has 146 valence electrons. The highest BCUT2D eigenvalue weighted by molar-refractivity contribution is 5.99. The Kier molecular flexibility index (Phi) is 5.79. The first-order chi connectivity index (χ1) is 13.9. The van der Waals surface area contributed by atoms with E-state index >= 15 is 0 Å². The van der Waals surface area contributed by atoms with Gasteiger partial charge < -0.3 is 4.74 Å². The third-order valence-corrected chi connectivity index (χ3v) is 3.98. The first-order valence-electron chi connectivity index (χ1n) is 8.50. The minimum Gasteiger partial charge on any atom is -0.457 e. The first kappa shape index (κ1) is 19.5. The molecule has 0 aliphatic carbocycles. The maximum atomic E-state index is 11.2. The number of hydrogen-bond acceptors (Lipinski definition) is 7. The van der Waals surface area contributed by atoms with E-state index in [1.54, 1.807) is 19.1 Å². The summed E-state index contributed by atoms with van der Waals surface area (Å²) in [4.78, 5) is 20.6. The average molecular weight is 392 g/mol. The second-order valence-electron chi connectivity index (χ2n) is 5.96. The largest absolute Gasteiger partial charge is 0.457 e. The van der Waals surface area contributed by atoms with E-state index in [-0.39, 0.29) is 11.4 Å². The van der Waals surface area contributed by atoms with E-state index in [1.165, 1.54) is 12.1 Å². The molecule has 0 bridgehead atoms. The number of benzene rings is 3. The number of anilines is 1. The zero-order valence-electron chi connectivity index (χ0n) is 15.3. The molecule has 0 saturated heterocycles. The van der Waals surface area contributed by atoms with Crippen LogP contribution in [0.2, 0.25) is 0 Å². The molecule has 3 rings (SSSR count). The highest BCUT2D eigenvalue weighted by atomic mass is 16.6. The van der Waals surface area contributed by atoms with Gasteiger partial charge in [-0.05, 0) is 55.0 Å². The van der Waals surface area contributed by atoms with Gasteiger partial charge >= 0.3 is 5.69 Å². The first-order valence-corrected chi connectivity index (χ1v) is 8.50. The van der Waals surface area contributed by atoms with E-state index < -0.39 is 15.5 Å². The van der Waals surface area contributed by atoms with E-state index in [0.29, 0.717) is 11.5 Å². The van der Waals surface area contributed by atoms with E-state index in [2.05, 4.69) is 10.5 Å². The second-order valence-corrected chi connectivity index (χ2v) is 5.96. The molecule has 0 aliphatic heterocycles. The van der Waals surface area contributed by atoms with Crippen molar-refractivity contribution in [2.24, 2.45) is 5.10 Å². The van der Waals surface area contributed by atoms with Crippen LogP contribution in [-0.4, -0.2) is 15.6 Å². The number of para-hydroxylation sites is 1. The second kappa shape index (κ2) is 8.61. The number of non-ortho nitro benzene ring substituents is 1. The van der Waals surface area contributed by atoms with Gasteiger partial charge in [0.15, 0.2) is 0 Å². The number of nitrogens with one attached hydrogen (secondary N) is 1. The molecule has 0 aliphatic rings. The maximum Gasteiger partial charge on any atom is 0.301 e. The SMILES string of the molecule is C/C(=N/Nc1ccc([N+](=O)[O-])cc1[N+](=O)[O-])c1ccc(Oc2ccccc2)cc1. The number of hydrogen-bond donors (Lipinski definition) is 1. The summed E-state index contributed by atoms with van der Waals surface area (Å²) in [7, 11) is 0. The molecule has 0 fully saturated rings. The van der Waals surface area contributed by atoms with Gasteiger partial charge in [-0.2, -0.15) is 5.10 Å². The Morgan fingerprint density at radius 1 is 0.897 bits per heavy atom. The van der Waals surface area contributed by atoms with Gasteiger partial charge in [-0.1, -0.05) is 18.2 Å². The topological polar surface area (TPSA) is 120 Å². The van der Waals surface area contributed by atoms with Gasteiger partial charge in [0.1, 0.15) is 17.2 Å². The van der Waals surface area contributed by atoms with Crippen molar-refractivity contribution in [3.05, 3.63) is 98.6 Å². The van der Waals surface area contributed by atoms with E-state index in [1.807, 2.05) is 42.5 Å². The zero-order valence-corrected chi connectivity index (χ0v) is 15.3. The van der Waals surface area contributed by atoms with Crippen LogP contribution < -0.4 is 10.2 Å². The molecule has 0 radical (unpaired) electrons. The number of nitrogens with zero attached hydrogens (tertiary/aromatic N) is 3. The molecule has 0 saturated carbocycles. The summed E-state index contributed by atoms with van der Waals surface area (Å²) in [6, 6.07) is 19.9. The van der Waals surface area contributed by atoms with Crippen molar-refractivity contribution in [2.75, 3.05) is 5.43 Å². The molecule has 9 heteroatoms. The molecule has 29 heavy (non-hydrogen) atoms. The fourth-order valence-electron chi connectivity index (χ4n) is 2.48. The molecule has 1 N–H and O–H groups in total. The maximum absolute atomic E-state index is 11.2. The van der Waals surface area contributed by atoms with Crippen molar-refractivity contribution in [3.8, 4) is 11.5 Å². The molecule has 0 spiro atoms. The molecule has 0 heterocycles. The lowest BCUT2D eigenvalue weighted by molar-refractivity contribution is -0.393. The Labute approximate surface area is 165 Å². The Balaban J connectivity index is 1.74. The van der Waals surface area contributed by atoms with Crippen molar-refractivity contribution in [3.63, 3.8) is 0 Å². The number of nitro benzene ring substituents is 2. The molecule has 3 aromatic rings. The van der Waals surface area contributed by atoms with Gasteiger partial charge in [0, 0.05) is 6.07 Å². The summed E-state index contributed by atoms with van der Waals surface area (Å²) in [5.74, 6) is 1.38. The number of ether oxygens (including phenoxy) is 1. The van der Waals surface area contributed by atoms with E-state index in [4.69, 9.17) is 4.74 Å². The number of nitro groups is 2. The van der Waals surface area contributed by atoms with Crippen LogP contribution in [0.1, 0.15) is 12.5 Å². The molecule has 0 amide bonds. The van der Waals surface area contributed by atoms with Crippen LogP contribution in [-0.2, 0) is 0 Å². The fourth-order valence-corrected chi connectivity index (χ4v) is 2.48. The monoisotopic (exact) mass is 392 g/mol. The van der Waals surface area contributed by atoms with Crippen molar-refractivity contribution in [2.45, 2.75) is 6.92 Å². The smallest absolute Gasteiger partial charge is 0.301 e. The summed E-state index contributed by atoms with van der Waals surface area (Å²) in [5.41, 5.74) is 3.23. The number of hydrazone groups is 1. The van der Waals surface area contributed by atoms with Crippen LogP contribution in [0, 0.1) is 20.2 Å². The van der Waals surface area contributed by atoms with Crippen LogP contribution in [0.5, 0.6) is 11.5 Å². The quantitative estimate of drug-likeness (QED) is 0.338. The van der Waals surface area contributed by atoms with E-state index in [0.717, 1.165) is 17.4 Å². The third-order valence-electron chi connectivity index (χ3n) is 3.98. The van der Waals surface area contributed by atoms with Crippen molar-refractivity contribution >= 4 is 22.8 Å². The van der Waals surface area contributed by atoms with Crippen LogP contribution in [0.3, 0.4) is 0 Å². The minimum absolute atomic E-state index is 0.0592. The molecular weight excluding hydrogens is 376 g/mol. The molecule has 9 nitrogen and oxygen atoms in total. The van der Waals surface area contributed by atoms with Gasteiger partial charge in [-0.25, -0.2) is 0 Å². The summed E-state index contributed by atoms with van der Waals surface area (Å²) in [5, 5.41) is 26.1. The predicted molar refractivity (Wildman–Crippen MR) is 109 cm³/mol. The van der Waals surface area contributed by atoms with Crippen LogP contribution >= 0.6 is 0 Å². The van der Waals surface area contributed by atoms with Crippen molar-refractivity contribution in [1.82, 2.24) is 0 Å². The average Bonchev–Trinajstić information content (AvgIpc) is 2.73. The summed E-state index contributed by atoms with van der Waals surface area (Å²) < 4.78 is 5.73. The molecule has 0 atom stereocenters. The lowest BCUT2D eigenvalue weighted by Crippen LogP contribution is -2.02. The number of rotatable bonds is 7. The Hall–Kier alpha value is -4.27. The standard InChI is InChI=1S/C20H16N4O5/c1-14(15-7-10-18(11-8-15)29-17-5-3-2-4-6-17)21-22-19-12-9-16(23(25)26)13-20(19)24(27)28/h2-13,22H,1H3/b21-14-. The van der Waals surface area contributed by atoms with Gasteiger partial charge in [-0.3, -0.25) is 25.7 Å². The molecule has 0 aromatic heterocycles. The Morgan fingerprint density at radius 2 is 1.55 bits per heavy atom. The van der Waals surface area contributed by atoms with Gasteiger partial charge in [0.05, 0.1) is 21.6 Å². The van der Waals surface area contributed by atoms with Crippen LogP contribution in [0.15, 0.2) is 77.9 Å². The van der Waals surface area contributed by atoms with Gasteiger partial charge in [0.25, 0.3) is 5.69 Å². The highest BCUT2D eigenvalue weighted by Gasteiger charge is 2.19. The van der Waals surface area contributed by atoms with Crippen LogP contribution in [0.4, 0.5) is 17.1 Å². The molecule has 0 unspecified atom stereocenters. The van der Waals surface area contributed by atoms with Crippen LogP contribution in [0.25, 0.3) is 0 Å². The normalized spacial score (nSPS) is 11.0. The minimum atomic E-state index is -0.699. The molecule has 3 aromatic carbocycles. The zero-order chi connectivity index (χ0) is 20.8. The highest BCUT2D eigenvalue weighted by Crippen LogP contribution is 2.29. The Morgan fingerprint density at radius 3 is 2.17 bits per heavy atom. The summed E-state index contributed by atoms with van der Waals surface area (Å²) in [6.45, 7) is 1.73. The molecular formula is C20H16N4O5. The van der Waals surface area contributed by atoms with Crippen molar-refractivity contribution < 1.29 is 14.6 Å². The Bertz CT molecular complexity index is 1070. The lowest BCUT2D eigenvalue weighted by Gasteiger charge is -2.07. The van der Waals surface area contributed by atoms with Crippen molar-refractivity contribution in [1.29, 1.82) is 0 Å².